The number of allylic oxidation sites excluding steroid dienone is 2. The van der Waals surface area contributed by atoms with Crippen molar-refractivity contribution in [1.82, 2.24) is 4.90 Å². The number of amides is 1. The van der Waals surface area contributed by atoms with Gasteiger partial charge in [-0.25, -0.2) is 0 Å². The topological polar surface area (TPSA) is 57.6 Å². The van der Waals surface area contributed by atoms with Gasteiger partial charge in [0.05, 0.1) is 6.42 Å². The zero-order valence-electron chi connectivity index (χ0n) is 11.5. The number of carbonyl (C=O) groups is 2. The Morgan fingerprint density at radius 3 is 2.44 bits per heavy atom. The zero-order valence-corrected chi connectivity index (χ0v) is 11.5. The molecule has 1 unspecified atom stereocenters. The van der Waals surface area contributed by atoms with Crippen molar-refractivity contribution in [2.75, 3.05) is 6.54 Å². The standard InChI is InChI=1S/C14H23NO3/c1-14(2,3)15(10-9-12(16)17)13(18)11-7-5-4-6-8-11/h4-5,11H,6-10H2,1-3H3,(H,16,17). The van der Waals surface area contributed by atoms with Gasteiger partial charge in [-0.2, -0.15) is 0 Å². The molecule has 1 atom stereocenters. The number of aliphatic carboxylic acids is 1. The lowest BCUT2D eigenvalue weighted by Crippen LogP contribution is -2.49. The van der Waals surface area contributed by atoms with Gasteiger partial charge in [-0.05, 0) is 40.0 Å². The van der Waals surface area contributed by atoms with Gasteiger partial charge in [0.2, 0.25) is 5.91 Å². The van der Waals surface area contributed by atoms with Crippen molar-refractivity contribution in [2.45, 2.75) is 52.0 Å². The smallest absolute Gasteiger partial charge is 0.305 e. The molecule has 0 heterocycles. The van der Waals surface area contributed by atoms with Crippen LogP contribution in [0.2, 0.25) is 0 Å². The summed E-state index contributed by atoms with van der Waals surface area (Å²) in [6.07, 6.45) is 6.74. The highest BCUT2D eigenvalue weighted by Crippen LogP contribution is 2.24. The minimum absolute atomic E-state index is 0.00553. The monoisotopic (exact) mass is 253 g/mol. The average Bonchev–Trinajstić information content (AvgIpc) is 2.28. The third-order valence-electron chi connectivity index (χ3n) is 3.24. The first-order valence-electron chi connectivity index (χ1n) is 6.50. The molecule has 0 saturated heterocycles. The molecule has 0 bridgehead atoms. The van der Waals surface area contributed by atoms with Crippen molar-refractivity contribution in [1.29, 1.82) is 0 Å². The second-order valence-electron chi connectivity index (χ2n) is 5.79. The summed E-state index contributed by atoms with van der Waals surface area (Å²) < 4.78 is 0. The lowest BCUT2D eigenvalue weighted by Gasteiger charge is -2.38. The predicted octanol–water partition coefficient (Wildman–Crippen LogP) is 2.44. The molecule has 18 heavy (non-hydrogen) atoms. The van der Waals surface area contributed by atoms with Gasteiger partial charge in [-0.3, -0.25) is 9.59 Å². The van der Waals surface area contributed by atoms with Gasteiger partial charge in [0, 0.05) is 18.0 Å². The number of hydrogen-bond acceptors (Lipinski definition) is 2. The maximum Gasteiger partial charge on any atom is 0.305 e. The van der Waals surface area contributed by atoms with Crippen molar-refractivity contribution >= 4 is 11.9 Å². The molecular formula is C14H23NO3. The van der Waals surface area contributed by atoms with Crippen LogP contribution < -0.4 is 0 Å². The van der Waals surface area contributed by atoms with Crippen LogP contribution in [0.3, 0.4) is 0 Å². The third-order valence-corrected chi connectivity index (χ3v) is 3.24. The lowest BCUT2D eigenvalue weighted by atomic mass is 9.91. The Morgan fingerprint density at radius 2 is 2.00 bits per heavy atom. The summed E-state index contributed by atoms with van der Waals surface area (Å²) in [5.41, 5.74) is -0.326. The summed E-state index contributed by atoms with van der Waals surface area (Å²) in [5, 5.41) is 8.77. The fraction of sp³-hybridized carbons (Fsp3) is 0.714. The van der Waals surface area contributed by atoms with Crippen molar-refractivity contribution in [3.05, 3.63) is 12.2 Å². The van der Waals surface area contributed by atoms with Gasteiger partial charge in [-0.1, -0.05) is 12.2 Å². The minimum atomic E-state index is -0.861. The van der Waals surface area contributed by atoms with Crippen molar-refractivity contribution in [3.8, 4) is 0 Å². The molecule has 0 radical (unpaired) electrons. The van der Waals surface area contributed by atoms with Gasteiger partial charge in [-0.15, -0.1) is 0 Å². The van der Waals surface area contributed by atoms with Crippen LogP contribution in [-0.4, -0.2) is 34.0 Å². The molecule has 0 fully saturated rings. The summed E-state index contributed by atoms with van der Waals surface area (Å²) >= 11 is 0. The number of nitrogens with zero attached hydrogens (tertiary/aromatic N) is 1. The van der Waals surface area contributed by atoms with E-state index in [1.54, 1.807) is 4.90 Å². The molecule has 0 spiro atoms. The van der Waals surface area contributed by atoms with Crippen molar-refractivity contribution < 1.29 is 14.7 Å². The van der Waals surface area contributed by atoms with E-state index in [1.807, 2.05) is 26.8 Å². The van der Waals surface area contributed by atoms with Gasteiger partial charge >= 0.3 is 5.97 Å². The minimum Gasteiger partial charge on any atom is -0.481 e. The Kier molecular flexibility index (Phi) is 4.93. The molecule has 0 saturated carbocycles. The van der Waals surface area contributed by atoms with Crippen LogP contribution in [0.15, 0.2) is 12.2 Å². The molecule has 4 nitrogen and oxygen atoms in total. The van der Waals surface area contributed by atoms with Gasteiger partial charge in [0.25, 0.3) is 0 Å². The van der Waals surface area contributed by atoms with E-state index in [4.69, 9.17) is 5.11 Å². The lowest BCUT2D eigenvalue weighted by molar-refractivity contribution is -0.143. The maximum absolute atomic E-state index is 12.5. The van der Waals surface area contributed by atoms with Crippen LogP contribution in [0.4, 0.5) is 0 Å². The van der Waals surface area contributed by atoms with E-state index in [1.165, 1.54) is 0 Å². The fourth-order valence-electron chi connectivity index (χ4n) is 2.22. The van der Waals surface area contributed by atoms with Crippen LogP contribution in [0.5, 0.6) is 0 Å². The first-order chi connectivity index (χ1) is 8.32. The second-order valence-corrected chi connectivity index (χ2v) is 5.79. The summed E-state index contributed by atoms with van der Waals surface area (Å²) in [5.74, 6) is -0.753. The van der Waals surface area contributed by atoms with E-state index in [-0.39, 0.29) is 30.3 Å². The quantitative estimate of drug-likeness (QED) is 0.783. The van der Waals surface area contributed by atoms with Crippen molar-refractivity contribution in [2.24, 2.45) is 5.92 Å². The summed E-state index contributed by atoms with van der Waals surface area (Å²) in [6.45, 7) is 6.14. The molecule has 102 valence electrons. The number of carboxylic acid groups (broad SMARTS) is 1. The summed E-state index contributed by atoms with van der Waals surface area (Å²) in [4.78, 5) is 24.9. The fourth-order valence-corrected chi connectivity index (χ4v) is 2.22. The van der Waals surface area contributed by atoms with Gasteiger partial charge in [0.15, 0.2) is 0 Å². The summed E-state index contributed by atoms with van der Waals surface area (Å²) in [6, 6.07) is 0. The highest BCUT2D eigenvalue weighted by atomic mass is 16.4. The molecule has 0 aromatic rings. The van der Waals surface area contributed by atoms with E-state index in [2.05, 4.69) is 6.08 Å². The van der Waals surface area contributed by atoms with E-state index in [0.717, 1.165) is 19.3 Å². The molecule has 1 aliphatic carbocycles. The average molecular weight is 253 g/mol. The Morgan fingerprint density at radius 1 is 1.33 bits per heavy atom. The van der Waals surface area contributed by atoms with Crippen LogP contribution in [0.25, 0.3) is 0 Å². The number of rotatable bonds is 4. The Labute approximate surface area is 109 Å². The highest BCUT2D eigenvalue weighted by Gasteiger charge is 2.31. The number of carboxylic acids is 1. The Bertz CT molecular complexity index is 341. The molecule has 0 aromatic heterocycles. The normalized spacial score (nSPS) is 19.6. The van der Waals surface area contributed by atoms with E-state index >= 15 is 0 Å². The molecule has 1 N–H and O–H groups in total. The van der Waals surface area contributed by atoms with Crippen LogP contribution >= 0.6 is 0 Å². The zero-order chi connectivity index (χ0) is 13.8. The first kappa shape index (κ1) is 14.7. The van der Waals surface area contributed by atoms with Crippen molar-refractivity contribution in [3.63, 3.8) is 0 Å². The van der Waals surface area contributed by atoms with Crippen LogP contribution in [-0.2, 0) is 9.59 Å². The second kappa shape index (κ2) is 6.03. The first-order valence-corrected chi connectivity index (χ1v) is 6.50. The highest BCUT2D eigenvalue weighted by molar-refractivity contribution is 5.80. The molecule has 1 rings (SSSR count). The van der Waals surface area contributed by atoms with E-state index in [9.17, 15) is 9.59 Å². The molecule has 0 aliphatic heterocycles. The largest absolute Gasteiger partial charge is 0.481 e. The SMILES string of the molecule is CC(C)(C)N(CCC(=O)O)C(=O)C1CC=CCC1. The third kappa shape index (κ3) is 4.17. The van der Waals surface area contributed by atoms with E-state index in [0.29, 0.717) is 0 Å². The molecule has 1 amide bonds. The molecule has 4 heteroatoms. The van der Waals surface area contributed by atoms with Gasteiger partial charge in [0.1, 0.15) is 0 Å². The van der Waals surface area contributed by atoms with Crippen LogP contribution in [0.1, 0.15) is 46.5 Å². The summed E-state index contributed by atoms with van der Waals surface area (Å²) in [7, 11) is 0. The predicted molar refractivity (Wildman–Crippen MR) is 70.2 cm³/mol. The maximum atomic E-state index is 12.5. The molecular weight excluding hydrogens is 230 g/mol. The van der Waals surface area contributed by atoms with E-state index < -0.39 is 5.97 Å². The van der Waals surface area contributed by atoms with Gasteiger partial charge < -0.3 is 10.0 Å². The number of hydrogen-bond donors (Lipinski definition) is 1. The molecule has 1 aliphatic rings. The van der Waals surface area contributed by atoms with Crippen LogP contribution in [0, 0.1) is 5.92 Å². The number of carbonyl (C=O) groups excluding carboxylic acids is 1. The molecule has 0 aromatic carbocycles. The Hall–Kier alpha value is -1.32. The Balaban J connectivity index is 2.72.